The summed E-state index contributed by atoms with van der Waals surface area (Å²) in [6, 6.07) is 0.614. The largest absolute Gasteiger partial charge is 0.286 e. The molecule has 0 aliphatic heterocycles. The molecule has 1 heteroatoms. The van der Waals surface area contributed by atoms with Crippen LogP contribution in [0.2, 0.25) is 0 Å². The van der Waals surface area contributed by atoms with Gasteiger partial charge in [-0.3, -0.25) is 4.99 Å². The Bertz CT molecular complexity index is 207. The SMILES string of the molecule is C/C=C(/C)C(C)=NC1CCCCC1. The monoisotopic (exact) mass is 179 g/mol. The number of nitrogens with zero attached hydrogens (tertiary/aromatic N) is 1. The Morgan fingerprint density at radius 3 is 2.31 bits per heavy atom. The average molecular weight is 179 g/mol. The Balaban J connectivity index is 2.52. The molecule has 0 aromatic rings. The molecule has 1 aliphatic rings. The molecule has 0 bridgehead atoms. The van der Waals surface area contributed by atoms with Crippen molar-refractivity contribution < 1.29 is 0 Å². The van der Waals surface area contributed by atoms with Crippen molar-refractivity contribution in [3.05, 3.63) is 11.6 Å². The highest BCUT2D eigenvalue weighted by Crippen LogP contribution is 2.20. The van der Waals surface area contributed by atoms with E-state index < -0.39 is 0 Å². The van der Waals surface area contributed by atoms with Crippen molar-refractivity contribution in [2.75, 3.05) is 0 Å². The fourth-order valence-corrected chi connectivity index (χ4v) is 1.79. The van der Waals surface area contributed by atoms with Crippen LogP contribution in [0.3, 0.4) is 0 Å². The molecule has 0 atom stereocenters. The Kier molecular flexibility index (Phi) is 4.20. The quantitative estimate of drug-likeness (QED) is 0.572. The van der Waals surface area contributed by atoms with Crippen LogP contribution < -0.4 is 0 Å². The fraction of sp³-hybridized carbons (Fsp3) is 0.750. The standard InChI is InChI=1S/C12H21N/c1-4-10(2)11(3)13-12-8-6-5-7-9-12/h4,12H,5-9H2,1-3H3/b10-4-,13-11?. The van der Waals surface area contributed by atoms with Crippen LogP contribution in [-0.2, 0) is 0 Å². The summed E-state index contributed by atoms with van der Waals surface area (Å²) in [5.74, 6) is 0. The average Bonchev–Trinajstić information content (AvgIpc) is 2.18. The molecule has 1 saturated carbocycles. The minimum Gasteiger partial charge on any atom is -0.286 e. The smallest absolute Gasteiger partial charge is 0.0502 e. The minimum absolute atomic E-state index is 0.614. The van der Waals surface area contributed by atoms with Gasteiger partial charge in [0.1, 0.15) is 0 Å². The Labute approximate surface area is 82.0 Å². The Morgan fingerprint density at radius 1 is 1.15 bits per heavy atom. The molecule has 74 valence electrons. The van der Waals surface area contributed by atoms with Crippen LogP contribution in [0, 0.1) is 0 Å². The van der Waals surface area contributed by atoms with Crippen LogP contribution >= 0.6 is 0 Å². The third kappa shape index (κ3) is 3.33. The van der Waals surface area contributed by atoms with Gasteiger partial charge in [0.25, 0.3) is 0 Å². The predicted octanol–water partition coefficient (Wildman–Crippen LogP) is 3.75. The number of hydrogen-bond acceptors (Lipinski definition) is 1. The third-order valence-electron chi connectivity index (χ3n) is 2.95. The van der Waals surface area contributed by atoms with E-state index in [0.29, 0.717) is 6.04 Å². The van der Waals surface area contributed by atoms with E-state index >= 15 is 0 Å². The van der Waals surface area contributed by atoms with E-state index in [-0.39, 0.29) is 0 Å². The number of aliphatic imine (C=N–C) groups is 1. The summed E-state index contributed by atoms with van der Waals surface area (Å²) in [5.41, 5.74) is 2.56. The van der Waals surface area contributed by atoms with Crippen molar-refractivity contribution in [3.63, 3.8) is 0 Å². The maximum atomic E-state index is 4.76. The van der Waals surface area contributed by atoms with Gasteiger partial charge in [-0.2, -0.15) is 0 Å². The fourth-order valence-electron chi connectivity index (χ4n) is 1.79. The van der Waals surface area contributed by atoms with Crippen molar-refractivity contribution in [2.45, 2.75) is 58.9 Å². The molecule has 1 rings (SSSR count). The summed E-state index contributed by atoms with van der Waals surface area (Å²) in [6.07, 6.45) is 8.89. The minimum atomic E-state index is 0.614. The first-order valence-electron chi connectivity index (χ1n) is 5.41. The third-order valence-corrected chi connectivity index (χ3v) is 2.95. The highest BCUT2D eigenvalue weighted by atomic mass is 14.8. The molecule has 1 fully saturated rings. The van der Waals surface area contributed by atoms with Gasteiger partial charge < -0.3 is 0 Å². The van der Waals surface area contributed by atoms with Crippen LogP contribution in [0.25, 0.3) is 0 Å². The second-order valence-corrected chi connectivity index (χ2v) is 3.98. The first kappa shape index (κ1) is 10.5. The van der Waals surface area contributed by atoms with Crippen molar-refractivity contribution >= 4 is 5.71 Å². The van der Waals surface area contributed by atoms with Gasteiger partial charge in [-0.15, -0.1) is 0 Å². The molecule has 0 unspecified atom stereocenters. The molecule has 1 aliphatic carbocycles. The summed E-state index contributed by atoms with van der Waals surface area (Å²) in [5, 5.41) is 0. The van der Waals surface area contributed by atoms with Gasteiger partial charge in [-0.05, 0) is 39.2 Å². The van der Waals surface area contributed by atoms with E-state index in [1.165, 1.54) is 43.4 Å². The van der Waals surface area contributed by atoms with Gasteiger partial charge in [0, 0.05) is 5.71 Å². The molecular formula is C12H21N. The van der Waals surface area contributed by atoms with Gasteiger partial charge in [-0.1, -0.05) is 25.3 Å². The molecule has 0 N–H and O–H groups in total. The molecule has 13 heavy (non-hydrogen) atoms. The lowest BCUT2D eigenvalue weighted by Crippen LogP contribution is -2.12. The van der Waals surface area contributed by atoms with Crippen molar-refractivity contribution in [1.29, 1.82) is 0 Å². The maximum Gasteiger partial charge on any atom is 0.0502 e. The first-order valence-corrected chi connectivity index (χ1v) is 5.41. The second-order valence-electron chi connectivity index (χ2n) is 3.98. The van der Waals surface area contributed by atoms with E-state index in [1.54, 1.807) is 0 Å². The summed E-state index contributed by atoms with van der Waals surface area (Å²) < 4.78 is 0. The van der Waals surface area contributed by atoms with Gasteiger partial charge in [-0.25, -0.2) is 0 Å². The zero-order valence-electron chi connectivity index (χ0n) is 9.14. The maximum absolute atomic E-state index is 4.76. The lowest BCUT2D eigenvalue weighted by Gasteiger charge is -2.18. The molecule has 0 saturated heterocycles. The lowest BCUT2D eigenvalue weighted by molar-refractivity contribution is 0.443. The lowest BCUT2D eigenvalue weighted by atomic mass is 9.96. The molecule has 0 heterocycles. The summed E-state index contributed by atoms with van der Waals surface area (Å²) in [4.78, 5) is 4.76. The van der Waals surface area contributed by atoms with E-state index in [0.717, 1.165) is 0 Å². The van der Waals surface area contributed by atoms with E-state index in [9.17, 15) is 0 Å². The van der Waals surface area contributed by atoms with Crippen molar-refractivity contribution in [1.82, 2.24) is 0 Å². The molecule has 0 aromatic heterocycles. The Hall–Kier alpha value is -0.590. The Morgan fingerprint density at radius 2 is 1.77 bits per heavy atom. The zero-order chi connectivity index (χ0) is 9.68. The zero-order valence-corrected chi connectivity index (χ0v) is 9.14. The highest BCUT2D eigenvalue weighted by Gasteiger charge is 2.11. The van der Waals surface area contributed by atoms with Crippen LogP contribution in [0.1, 0.15) is 52.9 Å². The topological polar surface area (TPSA) is 12.4 Å². The van der Waals surface area contributed by atoms with Crippen LogP contribution in [0.15, 0.2) is 16.6 Å². The van der Waals surface area contributed by atoms with Gasteiger partial charge in [0.05, 0.1) is 6.04 Å². The molecule has 1 nitrogen and oxygen atoms in total. The van der Waals surface area contributed by atoms with Gasteiger partial charge >= 0.3 is 0 Å². The van der Waals surface area contributed by atoms with Crippen LogP contribution in [-0.4, -0.2) is 11.8 Å². The number of allylic oxidation sites excluding steroid dienone is 2. The summed E-state index contributed by atoms with van der Waals surface area (Å²) >= 11 is 0. The van der Waals surface area contributed by atoms with Crippen LogP contribution in [0.5, 0.6) is 0 Å². The molecule has 0 radical (unpaired) electrons. The van der Waals surface area contributed by atoms with Crippen molar-refractivity contribution in [2.24, 2.45) is 4.99 Å². The second kappa shape index (κ2) is 5.21. The normalized spacial score (nSPS) is 22.1. The van der Waals surface area contributed by atoms with Crippen LogP contribution in [0.4, 0.5) is 0 Å². The number of hydrogen-bond donors (Lipinski definition) is 0. The van der Waals surface area contributed by atoms with E-state index in [1.807, 2.05) is 0 Å². The van der Waals surface area contributed by atoms with E-state index in [4.69, 9.17) is 4.99 Å². The first-order chi connectivity index (χ1) is 6.24. The predicted molar refractivity (Wildman–Crippen MR) is 59.4 cm³/mol. The van der Waals surface area contributed by atoms with Gasteiger partial charge in [0.2, 0.25) is 0 Å². The molecule has 0 spiro atoms. The molecule has 0 aromatic carbocycles. The summed E-state index contributed by atoms with van der Waals surface area (Å²) in [6.45, 7) is 6.35. The highest BCUT2D eigenvalue weighted by molar-refractivity contribution is 5.97. The number of rotatable bonds is 2. The molecular weight excluding hydrogens is 158 g/mol. The van der Waals surface area contributed by atoms with E-state index in [2.05, 4.69) is 26.8 Å². The summed E-state index contributed by atoms with van der Waals surface area (Å²) in [7, 11) is 0. The molecule has 0 amide bonds. The van der Waals surface area contributed by atoms with Crippen molar-refractivity contribution in [3.8, 4) is 0 Å². The van der Waals surface area contributed by atoms with Gasteiger partial charge in [0.15, 0.2) is 0 Å².